The van der Waals surface area contributed by atoms with Crippen molar-refractivity contribution in [2.24, 2.45) is 0 Å². The molecule has 1 N–H and O–H groups in total. The second-order valence-electron chi connectivity index (χ2n) is 4.82. The van der Waals surface area contributed by atoms with Crippen molar-refractivity contribution < 1.29 is 24.2 Å². The summed E-state index contributed by atoms with van der Waals surface area (Å²) in [5.74, 6) is -0.909. The Hall–Kier alpha value is -2.05. The standard InChI is InChI=1S/C15H17NO5/c1-10(18)6-7-13(21-9-8-17)16-14(19)11-4-2-3-5-12(11)15(16)20/h2-5,13,17H,6-9H2,1H3. The van der Waals surface area contributed by atoms with Gasteiger partial charge in [-0.1, -0.05) is 12.1 Å². The average molecular weight is 291 g/mol. The molecule has 112 valence electrons. The summed E-state index contributed by atoms with van der Waals surface area (Å²) < 4.78 is 5.38. The second-order valence-corrected chi connectivity index (χ2v) is 4.82. The van der Waals surface area contributed by atoms with Crippen LogP contribution in [0.25, 0.3) is 0 Å². The van der Waals surface area contributed by atoms with E-state index in [1.54, 1.807) is 24.3 Å². The summed E-state index contributed by atoms with van der Waals surface area (Å²) in [7, 11) is 0. The van der Waals surface area contributed by atoms with Crippen LogP contribution < -0.4 is 0 Å². The number of amides is 2. The van der Waals surface area contributed by atoms with E-state index in [4.69, 9.17) is 9.84 Å². The fraction of sp³-hybridized carbons (Fsp3) is 0.400. The smallest absolute Gasteiger partial charge is 0.263 e. The lowest BCUT2D eigenvalue weighted by Crippen LogP contribution is -2.42. The molecule has 0 spiro atoms. The highest BCUT2D eigenvalue weighted by Crippen LogP contribution is 2.26. The lowest BCUT2D eigenvalue weighted by molar-refractivity contribution is -0.118. The van der Waals surface area contributed by atoms with E-state index >= 15 is 0 Å². The molecule has 1 aromatic rings. The number of fused-ring (bicyclic) bond motifs is 1. The molecule has 1 aliphatic rings. The molecule has 21 heavy (non-hydrogen) atoms. The first-order chi connectivity index (χ1) is 10.1. The molecule has 1 atom stereocenters. The third-order valence-electron chi connectivity index (χ3n) is 3.26. The van der Waals surface area contributed by atoms with E-state index in [9.17, 15) is 14.4 Å². The number of aliphatic hydroxyl groups is 1. The van der Waals surface area contributed by atoms with E-state index in [0.717, 1.165) is 4.90 Å². The Morgan fingerprint density at radius 3 is 2.29 bits per heavy atom. The van der Waals surface area contributed by atoms with E-state index < -0.39 is 18.0 Å². The quantitative estimate of drug-likeness (QED) is 0.757. The minimum atomic E-state index is -0.839. The monoisotopic (exact) mass is 291 g/mol. The molecule has 0 bridgehead atoms. The Kier molecular flexibility index (Phi) is 4.82. The average Bonchev–Trinajstić information content (AvgIpc) is 2.72. The van der Waals surface area contributed by atoms with Crippen LogP contribution in [-0.4, -0.2) is 47.0 Å². The van der Waals surface area contributed by atoms with Crippen LogP contribution in [0, 0.1) is 0 Å². The predicted octanol–water partition coefficient (Wildman–Crippen LogP) is 0.987. The molecule has 1 aromatic carbocycles. The topological polar surface area (TPSA) is 83.9 Å². The molecule has 0 aliphatic carbocycles. The number of ketones is 1. The molecule has 1 aliphatic heterocycles. The van der Waals surface area contributed by atoms with Crippen molar-refractivity contribution in [2.75, 3.05) is 13.2 Å². The first kappa shape index (κ1) is 15.3. The van der Waals surface area contributed by atoms with Gasteiger partial charge in [-0.25, -0.2) is 4.90 Å². The van der Waals surface area contributed by atoms with E-state index in [0.29, 0.717) is 11.1 Å². The number of imide groups is 1. The maximum atomic E-state index is 12.3. The first-order valence-electron chi connectivity index (χ1n) is 6.75. The summed E-state index contributed by atoms with van der Waals surface area (Å²) in [5, 5.41) is 8.86. The van der Waals surface area contributed by atoms with E-state index in [-0.39, 0.29) is 31.8 Å². The molecule has 1 heterocycles. The molecule has 2 rings (SSSR count). The Morgan fingerprint density at radius 2 is 1.81 bits per heavy atom. The van der Waals surface area contributed by atoms with Gasteiger partial charge in [0.15, 0.2) is 0 Å². The maximum absolute atomic E-state index is 12.3. The minimum Gasteiger partial charge on any atom is -0.394 e. The second kappa shape index (κ2) is 6.60. The number of nitrogens with zero attached hydrogens (tertiary/aromatic N) is 1. The summed E-state index contributed by atoms with van der Waals surface area (Å²) in [5.41, 5.74) is 0.672. The van der Waals surface area contributed by atoms with Crippen LogP contribution in [0.4, 0.5) is 0 Å². The lowest BCUT2D eigenvalue weighted by atomic mass is 10.1. The summed E-state index contributed by atoms with van der Waals surface area (Å²) >= 11 is 0. The number of hydrogen-bond donors (Lipinski definition) is 1. The Balaban J connectivity index is 2.22. The fourth-order valence-electron chi connectivity index (χ4n) is 2.27. The van der Waals surface area contributed by atoms with Crippen molar-refractivity contribution in [3.05, 3.63) is 35.4 Å². The van der Waals surface area contributed by atoms with Crippen molar-refractivity contribution in [1.82, 2.24) is 4.90 Å². The van der Waals surface area contributed by atoms with Gasteiger partial charge in [-0.15, -0.1) is 0 Å². The maximum Gasteiger partial charge on any atom is 0.263 e. The highest BCUT2D eigenvalue weighted by molar-refractivity contribution is 6.21. The summed E-state index contributed by atoms with van der Waals surface area (Å²) in [4.78, 5) is 36.8. The van der Waals surface area contributed by atoms with E-state index in [1.807, 2.05) is 0 Å². The molecule has 0 radical (unpaired) electrons. The Bertz CT molecular complexity index is 534. The molecule has 2 amide bonds. The zero-order valence-corrected chi connectivity index (χ0v) is 11.7. The number of carbonyl (C=O) groups is 3. The van der Waals surface area contributed by atoms with Crippen molar-refractivity contribution in [2.45, 2.75) is 26.0 Å². The van der Waals surface area contributed by atoms with Gasteiger partial charge in [-0.3, -0.25) is 9.59 Å². The van der Waals surface area contributed by atoms with Crippen LogP contribution in [0.3, 0.4) is 0 Å². The van der Waals surface area contributed by atoms with Gasteiger partial charge in [0, 0.05) is 6.42 Å². The predicted molar refractivity (Wildman–Crippen MR) is 73.7 cm³/mol. The number of benzene rings is 1. The number of Topliss-reactive ketones (excluding diaryl/α,β-unsaturated/α-hetero) is 1. The molecule has 0 aromatic heterocycles. The zero-order chi connectivity index (χ0) is 15.4. The van der Waals surface area contributed by atoms with Crippen LogP contribution in [-0.2, 0) is 9.53 Å². The molecule has 0 fully saturated rings. The molecule has 0 saturated carbocycles. The van der Waals surface area contributed by atoms with Gasteiger partial charge >= 0.3 is 0 Å². The third kappa shape index (κ3) is 3.17. The molecular formula is C15H17NO5. The number of carbonyl (C=O) groups excluding carboxylic acids is 3. The number of rotatable bonds is 7. The summed E-state index contributed by atoms with van der Waals surface area (Å²) in [6.45, 7) is 1.21. The molecule has 0 saturated heterocycles. The molecule has 1 unspecified atom stereocenters. The molecular weight excluding hydrogens is 274 g/mol. The first-order valence-corrected chi connectivity index (χ1v) is 6.75. The minimum absolute atomic E-state index is 0.00399. The van der Waals surface area contributed by atoms with Gasteiger partial charge in [0.1, 0.15) is 12.0 Å². The van der Waals surface area contributed by atoms with Crippen LogP contribution in [0.5, 0.6) is 0 Å². The van der Waals surface area contributed by atoms with Crippen molar-refractivity contribution in [3.63, 3.8) is 0 Å². The fourth-order valence-corrected chi connectivity index (χ4v) is 2.27. The Labute approximate surface area is 122 Å². The number of hydrogen-bond acceptors (Lipinski definition) is 5. The van der Waals surface area contributed by atoms with Gasteiger partial charge < -0.3 is 14.6 Å². The van der Waals surface area contributed by atoms with Gasteiger partial charge in [-0.05, 0) is 25.5 Å². The molecule has 6 heteroatoms. The van der Waals surface area contributed by atoms with E-state index in [2.05, 4.69) is 0 Å². The summed E-state index contributed by atoms with van der Waals surface area (Å²) in [6.07, 6.45) is -0.418. The van der Waals surface area contributed by atoms with Crippen LogP contribution in [0.1, 0.15) is 40.5 Å². The third-order valence-corrected chi connectivity index (χ3v) is 3.26. The largest absolute Gasteiger partial charge is 0.394 e. The van der Waals surface area contributed by atoms with Crippen molar-refractivity contribution >= 4 is 17.6 Å². The van der Waals surface area contributed by atoms with Gasteiger partial charge in [-0.2, -0.15) is 0 Å². The van der Waals surface area contributed by atoms with Gasteiger partial charge in [0.2, 0.25) is 0 Å². The highest BCUT2D eigenvalue weighted by atomic mass is 16.5. The van der Waals surface area contributed by atoms with E-state index in [1.165, 1.54) is 6.92 Å². The SMILES string of the molecule is CC(=O)CCC(OCCO)N1C(=O)c2ccccc2C1=O. The van der Waals surface area contributed by atoms with Crippen LogP contribution in [0.15, 0.2) is 24.3 Å². The van der Waals surface area contributed by atoms with Crippen molar-refractivity contribution in [1.29, 1.82) is 0 Å². The van der Waals surface area contributed by atoms with Crippen LogP contribution >= 0.6 is 0 Å². The summed E-state index contributed by atoms with van der Waals surface area (Å²) in [6, 6.07) is 6.55. The normalized spacial score (nSPS) is 15.2. The zero-order valence-electron chi connectivity index (χ0n) is 11.7. The number of ether oxygens (including phenoxy) is 1. The molecule has 6 nitrogen and oxygen atoms in total. The van der Waals surface area contributed by atoms with Gasteiger partial charge in [0.25, 0.3) is 11.8 Å². The number of aliphatic hydroxyl groups excluding tert-OH is 1. The highest BCUT2D eigenvalue weighted by Gasteiger charge is 2.40. The Morgan fingerprint density at radius 1 is 1.24 bits per heavy atom. The van der Waals surface area contributed by atoms with Crippen LogP contribution in [0.2, 0.25) is 0 Å². The van der Waals surface area contributed by atoms with Gasteiger partial charge in [0.05, 0.1) is 24.3 Å². The van der Waals surface area contributed by atoms with Crippen molar-refractivity contribution in [3.8, 4) is 0 Å². The lowest BCUT2D eigenvalue weighted by Gasteiger charge is -2.25.